The van der Waals surface area contributed by atoms with Crippen LogP contribution >= 0.6 is 12.2 Å². The average Bonchev–Trinajstić information content (AvgIpc) is 3.26. The molecule has 0 radical (unpaired) electrons. The molecule has 1 heterocycles. The SMILES string of the molecule is O=C(NC(=S)Nc1cc(C(F)(F)F)cc(C(F)(F)F)c1)c1ccc(N2CCCC2)c([N+](=O)[O-])c1. The third-order valence-electron chi connectivity index (χ3n) is 4.95. The second-order valence-corrected chi connectivity index (χ2v) is 7.77. The van der Waals surface area contributed by atoms with Crippen molar-refractivity contribution in [1.29, 1.82) is 0 Å². The number of hydrogen-bond acceptors (Lipinski definition) is 5. The molecule has 3 rings (SSSR count). The molecular formula is C20H16F6N4O3S. The molecule has 34 heavy (non-hydrogen) atoms. The van der Waals surface area contributed by atoms with Crippen molar-refractivity contribution in [1.82, 2.24) is 5.32 Å². The first-order chi connectivity index (χ1) is 15.8. The van der Waals surface area contributed by atoms with Gasteiger partial charge < -0.3 is 10.2 Å². The van der Waals surface area contributed by atoms with Gasteiger partial charge in [-0.15, -0.1) is 0 Å². The molecule has 1 saturated heterocycles. The van der Waals surface area contributed by atoms with E-state index in [0.29, 0.717) is 30.9 Å². The predicted molar refractivity (Wildman–Crippen MR) is 115 cm³/mol. The summed E-state index contributed by atoms with van der Waals surface area (Å²) in [4.78, 5) is 25.1. The van der Waals surface area contributed by atoms with Crippen molar-refractivity contribution in [2.45, 2.75) is 25.2 Å². The van der Waals surface area contributed by atoms with Gasteiger partial charge in [-0.1, -0.05) is 0 Å². The lowest BCUT2D eigenvalue weighted by Crippen LogP contribution is -2.34. The number of alkyl halides is 6. The molecule has 7 nitrogen and oxygen atoms in total. The van der Waals surface area contributed by atoms with E-state index >= 15 is 0 Å². The van der Waals surface area contributed by atoms with Crippen LogP contribution in [0.1, 0.15) is 34.3 Å². The van der Waals surface area contributed by atoms with Crippen molar-refractivity contribution in [3.63, 3.8) is 0 Å². The summed E-state index contributed by atoms with van der Waals surface area (Å²) in [6.45, 7) is 1.24. The van der Waals surface area contributed by atoms with Gasteiger partial charge in [0, 0.05) is 30.4 Å². The number of carbonyl (C=O) groups excluding carboxylic acids is 1. The minimum Gasteiger partial charge on any atom is -0.366 e. The van der Waals surface area contributed by atoms with Crippen molar-refractivity contribution in [3.05, 3.63) is 63.2 Å². The summed E-state index contributed by atoms with van der Waals surface area (Å²) < 4.78 is 78.0. The smallest absolute Gasteiger partial charge is 0.366 e. The second-order valence-electron chi connectivity index (χ2n) is 7.36. The number of carbonyl (C=O) groups is 1. The van der Waals surface area contributed by atoms with E-state index in [1.54, 1.807) is 4.90 Å². The van der Waals surface area contributed by atoms with E-state index in [9.17, 15) is 41.3 Å². The van der Waals surface area contributed by atoms with Crippen molar-refractivity contribution in [3.8, 4) is 0 Å². The van der Waals surface area contributed by atoms with E-state index in [0.717, 1.165) is 18.9 Å². The van der Waals surface area contributed by atoms with Crippen LogP contribution in [0.3, 0.4) is 0 Å². The van der Waals surface area contributed by atoms with Crippen LogP contribution in [-0.2, 0) is 12.4 Å². The maximum Gasteiger partial charge on any atom is 0.416 e. The summed E-state index contributed by atoms with van der Waals surface area (Å²) in [5.41, 5.74) is -3.93. The monoisotopic (exact) mass is 506 g/mol. The molecule has 0 bridgehead atoms. The van der Waals surface area contributed by atoms with Gasteiger partial charge in [-0.05, 0) is 55.4 Å². The number of halogens is 6. The minimum absolute atomic E-state index is 0.0478. The number of anilines is 2. The first kappa shape index (κ1) is 25.2. The lowest BCUT2D eigenvalue weighted by molar-refractivity contribution is -0.384. The Labute approximate surface area is 193 Å². The van der Waals surface area contributed by atoms with Gasteiger partial charge in [-0.25, -0.2) is 0 Å². The highest BCUT2D eigenvalue weighted by Gasteiger charge is 2.37. The maximum absolute atomic E-state index is 13.0. The Kier molecular flexibility index (Phi) is 7.00. The van der Waals surface area contributed by atoms with E-state index in [1.165, 1.54) is 12.1 Å². The van der Waals surface area contributed by atoms with Gasteiger partial charge in [0.1, 0.15) is 5.69 Å². The van der Waals surface area contributed by atoms with Gasteiger partial charge in [-0.3, -0.25) is 20.2 Å². The van der Waals surface area contributed by atoms with Crippen molar-refractivity contribution in [2.75, 3.05) is 23.3 Å². The van der Waals surface area contributed by atoms with Gasteiger partial charge in [0.15, 0.2) is 5.11 Å². The molecule has 1 aliphatic heterocycles. The molecule has 2 N–H and O–H groups in total. The Bertz CT molecular complexity index is 1100. The third-order valence-corrected chi connectivity index (χ3v) is 5.16. The second kappa shape index (κ2) is 9.44. The summed E-state index contributed by atoms with van der Waals surface area (Å²) in [5.74, 6) is -0.934. The molecule has 0 saturated carbocycles. The molecule has 0 aliphatic carbocycles. The summed E-state index contributed by atoms with van der Waals surface area (Å²) in [6.07, 6.45) is -8.38. The van der Waals surface area contributed by atoms with Crippen LogP contribution < -0.4 is 15.5 Å². The van der Waals surface area contributed by atoms with Gasteiger partial charge >= 0.3 is 12.4 Å². The molecule has 0 spiro atoms. The molecular weight excluding hydrogens is 490 g/mol. The quantitative estimate of drug-likeness (QED) is 0.251. The van der Waals surface area contributed by atoms with Crippen molar-refractivity contribution < 1.29 is 36.1 Å². The zero-order valence-corrected chi connectivity index (χ0v) is 17.9. The number of hydrogen-bond donors (Lipinski definition) is 2. The molecule has 0 atom stereocenters. The Hall–Kier alpha value is -3.42. The highest BCUT2D eigenvalue weighted by molar-refractivity contribution is 7.80. The third kappa shape index (κ3) is 5.92. The summed E-state index contributed by atoms with van der Waals surface area (Å²) in [6, 6.07) is 4.50. The van der Waals surface area contributed by atoms with E-state index in [-0.39, 0.29) is 17.3 Å². The summed E-state index contributed by atoms with van der Waals surface area (Å²) >= 11 is 4.84. The van der Waals surface area contributed by atoms with Crippen LogP contribution in [0.4, 0.5) is 43.4 Å². The largest absolute Gasteiger partial charge is 0.416 e. The van der Waals surface area contributed by atoms with E-state index in [2.05, 4.69) is 10.6 Å². The van der Waals surface area contributed by atoms with Gasteiger partial charge in [0.05, 0.1) is 16.1 Å². The molecule has 1 amide bonds. The molecule has 0 unspecified atom stereocenters. The van der Waals surface area contributed by atoms with Crippen LogP contribution in [0.25, 0.3) is 0 Å². The van der Waals surface area contributed by atoms with Gasteiger partial charge in [0.25, 0.3) is 11.6 Å². The fraction of sp³-hybridized carbons (Fsp3) is 0.300. The Morgan fingerprint density at radius 2 is 1.53 bits per heavy atom. The van der Waals surface area contributed by atoms with Crippen LogP contribution in [0.2, 0.25) is 0 Å². The fourth-order valence-corrected chi connectivity index (χ4v) is 3.61. The van der Waals surface area contributed by atoms with Crippen LogP contribution in [0, 0.1) is 10.1 Å². The summed E-state index contributed by atoms with van der Waals surface area (Å²) in [7, 11) is 0. The highest BCUT2D eigenvalue weighted by Crippen LogP contribution is 2.37. The number of nitrogens with zero attached hydrogens (tertiary/aromatic N) is 2. The molecule has 0 aromatic heterocycles. The first-order valence-corrected chi connectivity index (χ1v) is 10.1. The van der Waals surface area contributed by atoms with Crippen LogP contribution in [0.15, 0.2) is 36.4 Å². The van der Waals surface area contributed by atoms with E-state index in [4.69, 9.17) is 12.2 Å². The topological polar surface area (TPSA) is 87.5 Å². The normalized spacial score (nSPS) is 14.1. The predicted octanol–water partition coefficient (Wildman–Crippen LogP) is 5.36. The number of benzene rings is 2. The zero-order chi connectivity index (χ0) is 25.3. The van der Waals surface area contributed by atoms with Gasteiger partial charge in [-0.2, -0.15) is 26.3 Å². The number of thiocarbonyl (C=S) groups is 1. The Morgan fingerprint density at radius 1 is 0.971 bits per heavy atom. The number of amides is 1. The van der Waals surface area contributed by atoms with Gasteiger partial charge in [0.2, 0.25) is 0 Å². The van der Waals surface area contributed by atoms with Crippen LogP contribution in [-0.4, -0.2) is 29.0 Å². The number of nitro benzene ring substituents is 1. The van der Waals surface area contributed by atoms with E-state index < -0.39 is 45.1 Å². The van der Waals surface area contributed by atoms with Crippen molar-refractivity contribution in [2.24, 2.45) is 0 Å². The first-order valence-electron chi connectivity index (χ1n) is 9.71. The Balaban J connectivity index is 1.79. The van der Waals surface area contributed by atoms with Crippen LogP contribution in [0.5, 0.6) is 0 Å². The lowest BCUT2D eigenvalue weighted by atomic mass is 10.1. The minimum atomic E-state index is -5.06. The molecule has 2 aromatic carbocycles. The zero-order valence-electron chi connectivity index (χ0n) is 17.1. The molecule has 182 valence electrons. The highest BCUT2D eigenvalue weighted by atomic mass is 32.1. The lowest BCUT2D eigenvalue weighted by Gasteiger charge is -2.18. The molecule has 14 heteroatoms. The van der Waals surface area contributed by atoms with E-state index in [1.807, 2.05) is 0 Å². The molecule has 1 aliphatic rings. The molecule has 2 aromatic rings. The fourth-order valence-electron chi connectivity index (χ4n) is 3.40. The molecule has 1 fully saturated rings. The van der Waals surface area contributed by atoms with Crippen molar-refractivity contribution >= 4 is 40.3 Å². The Morgan fingerprint density at radius 3 is 2.03 bits per heavy atom. The summed E-state index contributed by atoms with van der Waals surface area (Å²) in [5, 5.41) is 15.1. The maximum atomic E-state index is 13.0. The standard InChI is InChI=1S/C20H16F6N4O3S/c21-19(22,23)12-8-13(20(24,25)26)10-14(9-12)27-18(34)28-17(31)11-3-4-15(16(7-11)30(32)33)29-5-1-2-6-29/h3-4,7-10H,1-2,5-6H2,(H2,27,28,31,34). The number of nitrogens with one attached hydrogen (secondary N) is 2. The number of rotatable bonds is 4. The number of nitro groups is 1. The average molecular weight is 506 g/mol.